The lowest BCUT2D eigenvalue weighted by atomic mass is 9.99. The summed E-state index contributed by atoms with van der Waals surface area (Å²) in [6, 6.07) is 4.48. The van der Waals surface area contributed by atoms with E-state index in [0.717, 1.165) is 11.6 Å². The third-order valence-electron chi connectivity index (χ3n) is 3.30. The number of hydrogen-bond donors (Lipinski definition) is 1. The van der Waals surface area contributed by atoms with Crippen LogP contribution in [-0.4, -0.2) is 15.8 Å². The minimum absolute atomic E-state index is 0.884. The third-order valence-corrected chi connectivity index (χ3v) is 3.68. The molecule has 0 aliphatic carbocycles. The molecule has 1 N–H and O–H groups in total. The van der Waals surface area contributed by atoms with Crippen molar-refractivity contribution >= 4 is 17.9 Å². The van der Waals surface area contributed by atoms with Crippen LogP contribution in [-0.2, 0) is 7.05 Å². The van der Waals surface area contributed by atoms with Gasteiger partial charge in [-0.15, -0.1) is 0 Å². The fraction of sp³-hybridized carbons (Fsp3) is 0.357. The van der Waals surface area contributed by atoms with Gasteiger partial charge in [-0.1, -0.05) is 18.0 Å². The lowest BCUT2D eigenvalue weighted by Gasteiger charge is -2.11. The first-order chi connectivity index (χ1) is 8.54. The van der Waals surface area contributed by atoms with Crippen molar-refractivity contribution in [3.05, 3.63) is 35.0 Å². The standard InChI is InChI=1S/C14H19N3S/c1-9-6-11(3)12(7-10(9)2)13-8-15-14(16-18-5)17(13)4/h6-8H,1-5H3,(H,15,16). The SMILES string of the molecule is CSNc1ncc(-c2cc(C)c(C)cc2C)n1C. The molecule has 1 heterocycles. The molecule has 2 rings (SSSR count). The Morgan fingerprint density at radius 3 is 2.44 bits per heavy atom. The maximum atomic E-state index is 4.41. The molecule has 0 spiro atoms. The minimum Gasteiger partial charge on any atom is -0.313 e. The van der Waals surface area contributed by atoms with E-state index in [9.17, 15) is 0 Å². The van der Waals surface area contributed by atoms with Gasteiger partial charge in [0.15, 0.2) is 0 Å². The molecule has 0 atom stereocenters. The Labute approximate surface area is 113 Å². The van der Waals surface area contributed by atoms with E-state index < -0.39 is 0 Å². The number of anilines is 1. The summed E-state index contributed by atoms with van der Waals surface area (Å²) < 4.78 is 5.27. The number of aromatic nitrogens is 2. The molecule has 0 unspecified atom stereocenters. The molecule has 3 nitrogen and oxygen atoms in total. The molecular weight excluding hydrogens is 242 g/mol. The molecule has 18 heavy (non-hydrogen) atoms. The van der Waals surface area contributed by atoms with Crippen LogP contribution in [0, 0.1) is 20.8 Å². The molecule has 96 valence electrons. The van der Waals surface area contributed by atoms with Crippen molar-refractivity contribution in [2.75, 3.05) is 11.0 Å². The van der Waals surface area contributed by atoms with E-state index in [-0.39, 0.29) is 0 Å². The third kappa shape index (κ3) is 2.25. The van der Waals surface area contributed by atoms with Gasteiger partial charge in [0.2, 0.25) is 5.95 Å². The van der Waals surface area contributed by atoms with Crippen LogP contribution in [0.3, 0.4) is 0 Å². The van der Waals surface area contributed by atoms with Gasteiger partial charge in [-0.3, -0.25) is 4.72 Å². The summed E-state index contributed by atoms with van der Waals surface area (Å²) in [5.74, 6) is 0.884. The molecule has 0 fully saturated rings. The van der Waals surface area contributed by atoms with Crippen molar-refractivity contribution < 1.29 is 0 Å². The van der Waals surface area contributed by atoms with Gasteiger partial charge < -0.3 is 4.57 Å². The molecule has 0 amide bonds. The smallest absolute Gasteiger partial charge is 0.213 e. The van der Waals surface area contributed by atoms with E-state index in [1.54, 1.807) is 11.9 Å². The predicted molar refractivity (Wildman–Crippen MR) is 80.0 cm³/mol. The average molecular weight is 261 g/mol. The largest absolute Gasteiger partial charge is 0.313 e. The van der Waals surface area contributed by atoms with E-state index in [4.69, 9.17) is 0 Å². The van der Waals surface area contributed by atoms with Crippen molar-refractivity contribution in [1.29, 1.82) is 0 Å². The summed E-state index contributed by atoms with van der Waals surface area (Å²) in [5.41, 5.74) is 6.34. The van der Waals surface area contributed by atoms with Gasteiger partial charge in [0.25, 0.3) is 0 Å². The summed E-state index contributed by atoms with van der Waals surface area (Å²) in [7, 11) is 2.04. The van der Waals surface area contributed by atoms with Gasteiger partial charge in [-0.05, 0) is 43.5 Å². The van der Waals surface area contributed by atoms with Crippen molar-refractivity contribution in [3.8, 4) is 11.3 Å². The van der Waals surface area contributed by atoms with Gasteiger partial charge in [-0.25, -0.2) is 4.98 Å². The van der Waals surface area contributed by atoms with Crippen LogP contribution in [0.1, 0.15) is 16.7 Å². The Morgan fingerprint density at radius 1 is 1.11 bits per heavy atom. The normalized spacial score (nSPS) is 10.7. The number of benzene rings is 1. The second kappa shape index (κ2) is 5.06. The van der Waals surface area contributed by atoms with Crippen LogP contribution >= 0.6 is 11.9 Å². The number of nitrogens with one attached hydrogen (secondary N) is 1. The molecular formula is C14H19N3S. The zero-order valence-electron chi connectivity index (χ0n) is 11.5. The highest BCUT2D eigenvalue weighted by molar-refractivity contribution is 7.99. The van der Waals surface area contributed by atoms with Gasteiger partial charge in [-0.2, -0.15) is 0 Å². The first kappa shape index (κ1) is 13.0. The van der Waals surface area contributed by atoms with Crippen molar-refractivity contribution in [2.24, 2.45) is 7.05 Å². The van der Waals surface area contributed by atoms with Crippen molar-refractivity contribution in [1.82, 2.24) is 9.55 Å². The van der Waals surface area contributed by atoms with E-state index in [2.05, 4.69) is 47.2 Å². The maximum Gasteiger partial charge on any atom is 0.213 e. The van der Waals surface area contributed by atoms with Crippen LogP contribution in [0.25, 0.3) is 11.3 Å². The molecule has 0 aliphatic heterocycles. The highest BCUT2D eigenvalue weighted by Crippen LogP contribution is 2.28. The molecule has 0 aliphatic rings. The maximum absolute atomic E-state index is 4.41. The molecule has 0 bridgehead atoms. The molecule has 1 aromatic heterocycles. The first-order valence-electron chi connectivity index (χ1n) is 5.93. The monoisotopic (exact) mass is 261 g/mol. The summed E-state index contributed by atoms with van der Waals surface area (Å²) in [6.07, 6.45) is 3.92. The van der Waals surface area contributed by atoms with Crippen LogP contribution in [0.15, 0.2) is 18.3 Å². The Balaban J connectivity index is 2.52. The molecule has 1 aromatic carbocycles. The van der Waals surface area contributed by atoms with Gasteiger partial charge in [0.05, 0.1) is 11.9 Å². The Kier molecular flexibility index (Phi) is 3.66. The van der Waals surface area contributed by atoms with Crippen molar-refractivity contribution in [3.63, 3.8) is 0 Å². The second-order valence-corrected chi connectivity index (χ2v) is 5.20. The second-order valence-electron chi connectivity index (χ2n) is 4.58. The lowest BCUT2D eigenvalue weighted by molar-refractivity contribution is 0.937. The zero-order chi connectivity index (χ0) is 13.3. The fourth-order valence-electron chi connectivity index (χ4n) is 2.08. The van der Waals surface area contributed by atoms with Crippen molar-refractivity contribution in [2.45, 2.75) is 20.8 Å². The summed E-state index contributed by atoms with van der Waals surface area (Å²) in [4.78, 5) is 4.41. The molecule has 0 saturated carbocycles. The van der Waals surface area contributed by atoms with Crippen LogP contribution in [0.2, 0.25) is 0 Å². The Morgan fingerprint density at radius 2 is 1.78 bits per heavy atom. The molecule has 4 heteroatoms. The lowest BCUT2D eigenvalue weighted by Crippen LogP contribution is -1.99. The number of aryl methyl sites for hydroxylation is 3. The summed E-state index contributed by atoms with van der Waals surface area (Å²) >= 11 is 1.55. The van der Waals surface area contributed by atoms with Gasteiger partial charge >= 0.3 is 0 Å². The quantitative estimate of drug-likeness (QED) is 0.854. The number of imidazole rings is 1. The van der Waals surface area contributed by atoms with E-state index in [1.165, 1.54) is 22.3 Å². The van der Waals surface area contributed by atoms with E-state index >= 15 is 0 Å². The average Bonchev–Trinajstić information content (AvgIpc) is 2.67. The first-order valence-corrected chi connectivity index (χ1v) is 7.16. The zero-order valence-corrected chi connectivity index (χ0v) is 12.4. The van der Waals surface area contributed by atoms with E-state index in [1.807, 2.05) is 19.5 Å². The highest BCUT2D eigenvalue weighted by Gasteiger charge is 2.11. The van der Waals surface area contributed by atoms with Crippen LogP contribution in [0.5, 0.6) is 0 Å². The van der Waals surface area contributed by atoms with E-state index in [0.29, 0.717) is 0 Å². The molecule has 0 saturated heterocycles. The van der Waals surface area contributed by atoms with Crippen LogP contribution in [0.4, 0.5) is 5.95 Å². The van der Waals surface area contributed by atoms with Gasteiger partial charge in [0.1, 0.15) is 0 Å². The summed E-state index contributed by atoms with van der Waals surface area (Å²) in [5, 5.41) is 0. The van der Waals surface area contributed by atoms with Gasteiger partial charge in [0, 0.05) is 18.9 Å². The predicted octanol–water partition coefficient (Wildman–Crippen LogP) is 3.70. The Hall–Kier alpha value is -1.42. The number of nitrogens with zero attached hydrogens (tertiary/aromatic N) is 2. The fourth-order valence-corrected chi connectivity index (χ4v) is 2.45. The number of rotatable bonds is 3. The summed E-state index contributed by atoms with van der Waals surface area (Å²) in [6.45, 7) is 6.45. The Bertz CT molecular complexity index is 573. The topological polar surface area (TPSA) is 29.9 Å². The minimum atomic E-state index is 0.884. The van der Waals surface area contributed by atoms with Crippen LogP contribution < -0.4 is 4.72 Å². The number of hydrogen-bond acceptors (Lipinski definition) is 3. The molecule has 0 radical (unpaired) electrons. The highest BCUT2D eigenvalue weighted by atomic mass is 32.2. The molecule has 2 aromatic rings.